The molecule has 0 bridgehead atoms. The third-order valence-corrected chi connectivity index (χ3v) is 8.80. The number of likely N-dealkylation sites (N-methyl/N-ethyl adjacent to an activating group) is 1. The van der Waals surface area contributed by atoms with Crippen molar-refractivity contribution in [3.8, 4) is 11.4 Å². The van der Waals surface area contributed by atoms with Gasteiger partial charge in [-0.1, -0.05) is 13.0 Å². The van der Waals surface area contributed by atoms with Gasteiger partial charge in [-0.05, 0) is 88.2 Å². The van der Waals surface area contributed by atoms with E-state index in [2.05, 4.69) is 4.90 Å². The number of hydrogen-bond donors (Lipinski definition) is 1. The van der Waals surface area contributed by atoms with Gasteiger partial charge in [-0.25, -0.2) is 4.39 Å². The lowest BCUT2D eigenvalue weighted by Crippen LogP contribution is -2.45. The summed E-state index contributed by atoms with van der Waals surface area (Å²) in [6.45, 7) is 3.15. The third-order valence-electron chi connectivity index (χ3n) is 8.80. The lowest BCUT2D eigenvalue weighted by Gasteiger charge is -2.34. The summed E-state index contributed by atoms with van der Waals surface area (Å²) in [5.74, 6) is -0.557. The van der Waals surface area contributed by atoms with E-state index in [1.54, 1.807) is 24.1 Å². The molecule has 2 amide bonds. The van der Waals surface area contributed by atoms with Crippen LogP contribution in [0.3, 0.4) is 0 Å². The number of amides is 2. The number of hydrogen-bond acceptors (Lipinski definition) is 4. The molecule has 2 heterocycles. The first-order valence-corrected chi connectivity index (χ1v) is 13.6. The van der Waals surface area contributed by atoms with Gasteiger partial charge in [0.15, 0.2) is 0 Å². The van der Waals surface area contributed by atoms with E-state index in [1.165, 1.54) is 0 Å². The first kappa shape index (κ1) is 25.6. The van der Waals surface area contributed by atoms with Gasteiger partial charge >= 0.3 is 0 Å². The second-order valence-electron chi connectivity index (χ2n) is 11.7. The van der Waals surface area contributed by atoms with Gasteiger partial charge in [0.1, 0.15) is 17.3 Å². The molecule has 0 radical (unpaired) electrons. The van der Waals surface area contributed by atoms with E-state index >= 15 is 4.39 Å². The number of primary amides is 1. The molecular weight excluding hydrogens is 495 g/mol. The molecule has 8 heteroatoms. The Morgan fingerprint density at radius 3 is 2.31 bits per heavy atom. The van der Waals surface area contributed by atoms with Crippen LogP contribution in [0.15, 0.2) is 42.5 Å². The van der Waals surface area contributed by atoms with Crippen molar-refractivity contribution >= 4 is 17.5 Å². The van der Waals surface area contributed by atoms with Gasteiger partial charge in [0, 0.05) is 40.9 Å². The minimum Gasteiger partial charge on any atom is -0.497 e. The average molecular weight is 531 g/mol. The SMILES string of the molecule is CCc1c(C(N)=O)c2c(n1-c1ccc(OC)cc1)C(=O)N(c1ccc(C3(CN(C)C)CC3)cc1F)CC21CC1. The zero-order valence-corrected chi connectivity index (χ0v) is 23.0. The molecule has 2 saturated carbocycles. The van der Waals surface area contributed by atoms with E-state index in [9.17, 15) is 9.59 Å². The largest absolute Gasteiger partial charge is 0.497 e. The summed E-state index contributed by atoms with van der Waals surface area (Å²) >= 11 is 0. The molecule has 0 unspecified atom stereocenters. The second kappa shape index (κ2) is 8.95. The van der Waals surface area contributed by atoms with Crippen LogP contribution in [-0.4, -0.2) is 55.6 Å². The molecule has 7 nitrogen and oxygen atoms in total. The Balaban J connectivity index is 1.49. The van der Waals surface area contributed by atoms with E-state index < -0.39 is 17.1 Å². The maximum atomic E-state index is 15.8. The zero-order chi connectivity index (χ0) is 27.7. The van der Waals surface area contributed by atoms with Crippen molar-refractivity contribution < 1.29 is 18.7 Å². The van der Waals surface area contributed by atoms with Gasteiger partial charge in [-0.2, -0.15) is 0 Å². The Hall–Kier alpha value is -3.65. The Morgan fingerprint density at radius 2 is 1.79 bits per heavy atom. The Labute approximate surface area is 228 Å². The fraction of sp³-hybridized carbons (Fsp3) is 0.419. The number of carbonyl (C=O) groups is 2. The van der Waals surface area contributed by atoms with Crippen molar-refractivity contribution in [1.82, 2.24) is 9.47 Å². The molecule has 1 spiro atoms. The third kappa shape index (κ3) is 3.95. The topological polar surface area (TPSA) is 80.8 Å². The predicted octanol–water partition coefficient (Wildman–Crippen LogP) is 4.57. The number of fused-ring (bicyclic) bond motifs is 2. The maximum absolute atomic E-state index is 15.8. The molecule has 1 aliphatic heterocycles. The van der Waals surface area contributed by atoms with Gasteiger partial charge in [0.25, 0.3) is 11.8 Å². The summed E-state index contributed by atoms with van der Waals surface area (Å²) in [4.78, 5) is 30.9. The molecule has 3 aliphatic rings. The van der Waals surface area contributed by atoms with Crippen molar-refractivity contribution in [2.45, 2.75) is 49.9 Å². The van der Waals surface area contributed by atoms with Crippen LogP contribution >= 0.6 is 0 Å². The number of nitrogens with zero attached hydrogens (tertiary/aromatic N) is 3. The van der Waals surface area contributed by atoms with Crippen LogP contribution in [0.2, 0.25) is 0 Å². The normalized spacial score (nSPS) is 18.4. The van der Waals surface area contributed by atoms with Crippen molar-refractivity contribution in [2.24, 2.45) is 5.73 Å². The summed E-state index contributed by atoms with van der Waals surface area (Å²) in [5.41, 5.74) is 9.79. The quantitative estimate of drug-likeness (QED) is 0.463. The number of methoxy groups -OCH3 is 1. The monoisotopic (exact) mass is 530 g/mol. The van der Waals surface area contributed by atoms with Gasteiger partial charge in [0.05, 0.1) is 18.4 Å². The molecule has 2 N–H and O–H groups in total. The van der Waals surface area contributed by atoms with Crippen LogP contribution in [-0.2, 0) is 17.3 Å². The van der Waals surface area contributed by atoms with Crippen molar-refractivity contribution in [1.29, 1.82) is 0 Å². The maximum Gasteiger partial charge on any atom is 0.275 e. The molecule has 0 atom stereocenters. The first-order valence-electron chi connectivity index (χ1n) is 13.6. The lowest BCUT2D eigenvalue weighted by atomic mass is 9.86. The van der Waals surface area contributed by atoms with Crippen molar-refractivity contribution in [2.75, 3.05) is 39.2 Å². The van der Waals surface area contributed by atoms with Gasteiger partial charge in [0.2, 0.25) is 0 Å². The van der Waals surface area contributed by atoms with Crippen LogP contribution in [0.25, 0.3) is 5.69 Å². The van der Waals surface area contributed by atoms with Gasteiger partial charge in [-0.3, -0.25) is 9.59 Å². The molecule has 2 aromatic carbocycles. The summed E-state index contributed by atoms with van der Waals surface area (Å²) < 4.78 is 23.0. The van der Waals surface area contributed by atoms with Crippen LogP contribution < -0.4 is 15.4 Å². The molecule has 3 aromatic rings. The molecular formula is C31H35FN4O3. The van der Waals surface area contributed by atoms with E-state index in [1.807, 2.05) is 55.9 Å². The molecule has 6 rings (SSSR count). The molecule has 2 aliphatic carbocycles. The van der Waals surface area contributed by atoms with Crippen LogP contribution in [0.1, 0.15) is 70.3 Å². The summed E-state index contributed by atoms with van der Waals surface area (Å²) in [6.07, 6.45) is 4.20. The van der Waals surface area contributed by atoms with E-state index in [-0.39, 0.29) is 17.0 Å². The summed E-state index contributed by atoms with van der Waals surface area (Å²) in [7, 11) is 5.66. The number of benzene rings is 2. The average Bonchev–Trinajstić information content (AvgIpc) is 3.83. The van der Waals surface area contributed by atoms with Gasteiger partial charge < -0.3 is 24.8 Å². The Morgan fingerprint density at radius 1 is 1.10 bits per heavy atom. The molecule has 0 saturated heterocycles. The second-order valence-corrected chi connectivity index (χ2v) is 11.7. The molecule has 204 valence electrons. The minimum atomic E-state index is -0.533. The van der Waals surface area contributed by atoms with Gasteiger partial charge in [-0.15, -0.1) is 0 Å². The van der Waals surface area contributed by atoms with Crippen LogP contribution in [0.4, 0.5) is 10.1 Å². The number of nitrogens with two attached hydrogens (primary N) is 1. The lowest BCUT2D eigenvalue weighted by molar-refractivity contribution is 0.0966. The van der Waals surface area contributed by atoms with Crippen molar-refractivity contribution in [3.05, 3.63) is 76.4 Å². The highest BCUT2D eigenvalue weighted by atomic mass is 19.1. The number of aromatic nitrogens is 1. The zero-order valence-electron chi connectivity index (χ0n) is 23.0. The molecule has 1 aromatic heterocycles. The predicted molar refractivity (Wildman–Crippen MR) is 149 cm³/mol. The first-order chi connectivity index (χ1) is 18.6. The Bertz CT molecular complexity index is 1480. The highest BCUT2D eigenvalue weighted by molar-refractivity contribution is 6.12. The van der Waals surface area contributed by atoms with Crippen LogP contribution in [0.5, 0.6) is 5.75 Å². The van der Waals surface area contributed by atoms with E-state index in [0.717, 1.165) is 49.0 Å². The number of rotatable bonds is 8. The fourth-order valence-corrected chi connectivity index (χ4v) is 6.64. The smallest absolute Gasteiger partial charge is 0.275 e. The highest BCUT2D eigenvalue weighted by Crippen LogP contribution is 2.56. The van der Waals surface area contributed by atoms with E-state index in [0.29, 0.717) is 35.7 Å². The van der Waals surface area contributed by atoms with Crippen molar-refractivity contribution in [3.63, 3.8) is 0 Å². The number of anilines is 1. The van der Waals surface area contributed by atoms with E-state index in [4.69, 9.17) is 10.5 Å². The minimum absolute atomic E-state index is 0.0187. The molecule has 39 heavy (non-hydrogen) atoms. The highest BCUT2D eigenvalue weighted by Gasteiger charge is 2.56. The Kier molecular flexibility index (Phi) is 5.88. The standard InChI is InChI=1S/C31H35FN4O3/c1-5-23-25(28(33)37)26-27(36(23)20-7-9-21(39-4)10-8-20)29(38)35(18-31(26)14-15-31)24-11-6-19(16-22(24)32)30(12-13-30)17-34(2)3/h6-11,16H,5,12-15,17-18H2,1-4H3,(H2,33,37). The molecule has 2 fully saturated rings. The summed E-state index contributed by atoms with van der Waals surface area (Å²) in [5, 5.41) is 0. The van der Waals surface area contributed by atoms with Crippen LogP contribution in [0, 0.1) is 5.82 Å². The number of halogens is 1. The number of ether oxygens (including phenoxy) is 1. The number of carbonyl (C=O) groups excluding carboxylic acids is 2. The fourth-order valence-electron chi connectivity index (χ4n) is 6.64. The summed E-state index contributed by atoms with van der Waals surface area (Å²) in [6, 6.07) is 12.7.